The molecule has 0 fully saturated rings. The summed E-state index contributed by atoms with van der Waals surface area (Å²) < 4.78 is 1.61. The van der Waals surface area contributed by atoms with Crippen LogP contribution in [-0.2, 0) is 11.3 Å². The van der Waals surface area contributed by atoms with E-state index >= 15 is 0 Å². The summed E-state index contributed by atoms with van der Waals surface area (Å²) in [6, 6.07) is 5.38. The van der Waals surface area contributed by atoms with E-state index in [1.807, 2.05) is 19.9 Å². The molecule has 0 unspecified atom stereocenters. The van der Waals surface area contributed by atoms with Crippen LogP contribution in [0.5, 0.6) is 0 Å². The lowest BCUT2D eigenvalue weighted by Gasteiger charge is -2.09. The number of anilines is 2. The van der Waals surface area contributed by atoms with Crippen molar-refractivity contribution in [3.05, 3.63) is 44.5 Å². The summed E-state index contributed by atoms with van der Waals surface area (Å²) in [6.07, 6.45) is 0.256. The summed E-state index contributed by atoms with van der Waals surface area (Å²) in [5.41, 5.74) is 8.86. The molecule has 0 bridgehead atoms. The van der Waals surface area contributed by atoms with E-state index in [1.165, 1.54) is 0 Å². The largest absolute Gasteiger partial charge is 0.399 e. The number of nitrogen functional groups attached to an aromatic ring is 1. The maximum Gasteiger partial charge on any atom is 0.307 e. The van der Waals surface area contributed by atoms with Crippen molar-refractivity contribution in [2.45, 2.75) is 26.8 Å². The number of aromatic nitrogens is 1. The van der Waals surface area contributed by atoms with Gasteiger partial charge in [-0.2, -0.15) is 0 Å². The van der Waals surface area contributed by atoms with E-state index in [2.05, 4.69) is 5.32 Å². The summed E-state index contributed by atoms with van der Waals surface area (Å²) in [5.74, 6) is -0.129. The molecule has 0 aliphatic rings. The van der Waals surface area contributed by atoms with Crippen LogP contribution >= 0.6 is 23.7 Å². The van der Waals surface area contributed by atoms with Gasteiger partial charge in [0.1, 0.15) is 0 Å². The number of nitrogens with one attached hydrogen (secondary N) is 1. The van der Waals surface area contributed by atoms with Gasteiger partial charge in [-0.15, -0.1) is 12.4 Å². The number of benzene rings is 1. The second-order valence-electron chi connectivity index (χ2n) is 4.67. The van der Waals surface area contributed by atoms with Crippen LogP contribution in [0.4, 0.5) is 11.4 Å². The Morgan fingerprint density at radius 1 is 1.38 bits per heavy atom. The van der Waals surface area contributed by atoms with E-state index in [1.54, 1.807) is 22.1 Å². The first-order chi connectivity index (χ1) is 9.47. The van der Waals surface area contributed by atoms with E-state index in [0.29, 0.717) is 17.9 Å². The van der Waals surface area contributed by atoms with Crippen LogP contribution in [0.3, 0.4) is 0 Å². The third-order valence-electron chi connectivity index (χ3n) is 3.07. The molecule has 0 aliphatic carbocycles. The van der Waals surface area contributed by atoms with Crippen LogP contribution in [-0.4, -0.2) is 10.5 Å². The average Bonchev–Trinajstić information content (AvgIpc) is 2.71. The highest BCUT2D eigenvalue weighted by Gasteiger charge is 2.08. The Kier molecular flexibility index (Phi) is 5.99. The molecule has 114 valence electrons. The fourth-order valence-electron chi connectivity index (χ4n) is 1.87. The van der Waals surface area contributed by atoms with E-state index in [0.717, 1.165) is 22.6 Å². The molecule has 21 heavy (non-hydrogen) atoms. The standard InChI is InChI=1S/C14H17N3O2S.ClH/c1-9-3-4-11(15)7-12(9)16-13(18)5-6-17-10(2)8-20-14(17)19;/h3-4,7-8H,5-6,15H2,1-2H3,(H,16,18);1H. The summed E-state index contributed by atoms with van der Waals surface area (Å²) in [7, 11) is 0. The third-order valence-corrected chi connectivity index (χ3v) is 3.96. The van der Waals surface area contributed by atoms with Crippen molar-refractivity contribution in [2.75, 3.05) is 11.1 Å². The molecule has 2 rings (SSSR count). The van der Waals surface area contributed by atoms with Crippen LogP contribution in [0.25, 0.3) is 0 Å². The lowest BCUT2D eigenvalue weighted by Crippen LogP contribution is -2.20. The van der Waals surface area contributed by atoms with Gasteiger partial charge in [0, 0.05) is 35.4 Å². The molecule has 3 N–H and O–H groups in total. The minimum Gasteiger partial charge on any atom is -0.399 e. The molecule has 1 amide bonds. The first-order valence-electron chi connectivity index (χ1n) is 6.28. The molecule has 5 nitrogen and oxygen atoms in total. The zero-order valence-corrected chi connectivity index (χ0v) is 13.5. The quantitative estimate of drug-likeness (QED) is 0.847. The number of rotatable bonds is 4. The predicted molar refractivity (Wildman–Crippen MR) is 89.4 cm³/mol. The van der Waals surface area contributed by atoms with E-state index < -0.39 is 0 Å². The Bertz CT molecular complexity index is 694. The molecule has 0 atom stereocenters. The molecule has 0 saturated heterocycles. The van der Waals surface area contributed by atoms with Gasteiger partial charge in [0.05, 0.1) is 0 Å². The SMILES string of the molecule is Cc1ccc(N)cc1NC(=O)CCn1c(C)csc1=O.Cl. The number of carbonyl (C=O) groups excluding carboxylic acids is 1. The summed E-state index contributed by atoms with van der Waals surface area (Å²) in [5, 5.41) is 4.62. The van der Waals surface area contributed by atoms with Crippen molar-refractivity contribution in [2.24, 2.45) is 0 Å². The maximum atomic E-state index is 11.9. The van der Waals surface area contributed by atoms with Gasteiger partial charge in [-0.05, 0) is 31.5 Å². The number of thiazole rings is 1. The number of hydrogen-bond acceptors (Lipinski definition) is 4. The van der Waals surface area contributed by atoms with Crippen molar-refractivity contribution in [3.63, 3.8) is 0 Å². The Morgan fingerprint density at radius 2 is 2.10 bits per heavy atom. The number of nitrogens with two attached hydrogens (primary N) is 1. The Balaban J connectivity index is 0.00000220. The fraction of sp³-hybridized carbons (Fsp3) is 0.286. The number of amides is 1. The lowest BCUT2D eigenvalue weighted by atomic mass is 10.2. The Labute approximate surface area is 133 Å². The highest BCUT2D eigenvalue weighted by atomic mass is 35.5. The van der Waals surface area contributed by atoms with E-state index in [4.69, 9.17) is 5.73 Å². The second-order valence-corrected chi connectivity index (χ2v) is 5.49. The van der Waals surface area contributed by atoms with Gasteiger partial charge in [-0.1, -0.05) is 17.4 Å². The second kappa shape index (κ2) is 7.28. The van der Waals surface area contributed by atoms with Gasteiger partial charge >= 0.3 is 4.87 Å². The number of aryl methyl sites for hydroxylation is 2. The molecule has 0 radical (unpaired) electrons. The average molecular weight is 328 g/mol. The fourth-order valence-corrected chi connectivity index (χ4v) is 2.64. The molecule has 0 aliphatic heterocycles. The Morgan fingerprint density at radius 3 is 2.71 bits per heavy atom. The van der Waals surface area contributed by atoms with Crippen LogP contribution < -0.4 is 15.9 Å². The summed E-state index contributed by atoms with van der Waals surface area (Å²) in [6.45, 7) is 4.15. The molecule has 0 saturated carbocycles. The van der Waals surface area contributed by atoms with Gasteiger partial charge in [0.25, 0.3) is 0 Å². The monoisotopic (exact) mass is 327 g/mol. The minimum atomic E-state index is -0.129. The molecule has 1 aromatic carbocycles. The van der Waals surface area contributed by atoms with E-state index in [9.17, 15) is 9.59 Å². The zero-order valence-electron chi connectivity index (χ0n) is 11.9. The lowest BCUT2D eigenvalue weighted by molar-refractivity contribution is -0.116. The highest BCUT2D eigenvalue weighted by molar-refractivity contribution is 7.07. The molecule has 1 aromatic heterocycles. The number of nitrogens with zero attached hydrogens (tertiary/aromatic N) is 1. The molecule has 7 heteroatoms. The number of hydrogen-bond donors (Lipinski definition) is 2. The number of carbonyl (C=O) groups is 1. The maximum absolute atomic E-state index is 11.9. The predicted octanol–water partition coefficient (Wildman–Crippen LogP) is 2.56. The Hall–Kier alpha value is -1.79. The molecule has 0 spiro atoms. The minimum absolute atomic E-state index is 0. The van der Waals surface area contributed by atoms with Gasteiger partial charge in [0.15, 0.2) is 0 Å². The molecule has 1 heterocycles. The van der Waals surface area contributed by atoms with Crippen LogP contribution in [0.2, 0.25) is 0 Å². The topological polar surface area (TPSA) is 77.1 Å². The van der Waals surface area contributed by atoms with Gasteiger partial charge in [-0.3, -0.25) is 9.59 Å². The summed E-state index contributed by atoms with van der Waals surface area (Å²) in [4.78, 5) is 23.4. The first-order valence-corrected chi connectivity index (χ1v) is 7.16. The van der Waals surface area contributed by atoms with Crippen molar-refractivity contribution < 1.29 is 4.79 Å². The van der Waals surface area contributed by atoms with E-state index in [-0.39, 0.29) is 29.6 Å². The van der Waals surface area contributed by atoms with Crippen molar-refractivity contribution in [1.82, 2.24) is 4.57 Å². The highest BCUT2D eigenvalue weighted by Crippen LogP contribution is 2.18. The normalized spacial score (nSPS) is 10.0. The van der Waals surface area contributed by atoms with Crippen molar-refractivity contribution >= 4 is 41.0 Å². The summed E-state index contributed by atoms with van der Waals surface area (Å²) >= 11 is 1.15. The van der Waals surface area contributed by atoms with Crippen molar-refractivity contribution in [1.29, 1.82) is 0 Å². The first kappa shape index (κ1) is 17.3. The van der Waals surface area contributed by atoms with Crippen LogP contribution in [0.15, 0.2) is 28.4 Å². The molecular formula is C14H18ClN3O2S. The van der Waals surface area contributed by atoms with Crippen molar-refractivity contribution in [3.8, 4) is 0 Å². The zero-order chi connectivity index (χ0) is 14.7. The van der Waals surface area contributed by atoms with Crippen LogP contribution in [0, 0.1) is 13.8 Å². The third kappa shape index (κ3) is 4.34. The smallest absolute Gasteiger partial charge is 0.307 e. The molecule has 2 aromatic rings. The molecular weight excluding hydrogens is 310 g/mol. The van der Waals surface area contributed by atoms with Gasteiger partial charge in [-0.25, -0.2) is 0 Å². The van der Waals surface area contributed by atoms with Gasteiger partial charge in [0.2, 0.25) is 5.91 Å². The van der Waals surface area contributed by atoms with Crippen LogP contribution in [0.1, 0.15) is 17.7 Å². The van der Waals surface area contributed by atoms with Gasteiger partial charge < -0.3 is 15.6 Å². The number of halogens is 1.